The summed E-state index contributed by atoms with van der Waals surface area (Å²) in [6.07, 6.45) is 1.90. The number of carbonyl (C=O) groups excluding carboxylic acids is 1. The second-order valence-corrected chi connectivity index (χ2v) is 6.67. The minimum absolute atomic E-state index is 0.0263. The molecule has 0 unspecified atom stereocenters. The third kappa shape index (κ3) is 3.22. The van der Waals surface area contributed by atoms with Gasteiger partial charge in [0.05, 0.1) is 17.0 Å². The van der Waals surface area contributed by atoms with Crippen molar-refractivity contribution in [1.29, 1.82) is 0 Å². The third-order valence-corrected chi connectivity index (χ3v) is 4.87. The van der Waals surface area contributed by atoms with Crippen molar-refractivity contribution >= 4 is 28.6 Å². The highest BCUT2D eigenvalue weighted by Gasteiger charge is 2.27. The van der Waals surface area contributed by atoms with E-state index in [4.69, 9.17) is 0 Å². The van der Waals surface area contributed by atoms with E-state index in [9.17, 15) is 4.79 Å². The lowest BCUT2D eigenvalue weighted by atomic mass is 9.97. The van der Waals surface area contributed by atoms with E-state index in [2.05, 4.69) is 20.2 Å². The second kappa shape index (κ2) is 6.59. The number of carbonyl (C=O) groups is 1. The van der Waals surface area contributed by atoms with Crippen LogP contribution < -0.4 is 10.2 Å². The van der Waals surface area contributed by atoms with Crippen LogP contribution in [0.2, 0.25) is 0 Å². The number of para-hydroxylation sites is 3. The molecule has 1 fully saturated rings. The molecule has 0 saturated carbocycles. The monoisotopic (exact) mass is 334 g/mol. The van der Waals surface area contributed by atoms with Crippen molar-refractivity contribution in [3.63, 3.8) is 0 Å². The van der Waals surface area contributed by atoms with Crippen LogP contribution in [0.4, 0.5) is 11.6 Å². The zero-order chi connectivity index (χ0) is 17.2. The quantitative estimate of drug-likeness (QED) is 0.767. The van der Waals surface area contributed by atoms with Gasteiger partial charge in [0.25, 0.3) is 0 Å². The van der Waals surface area contributed by atoms with Crippen LogP contribution in [0.3, 0.4) is 0 Å². The second-order valence-electron chi connectivity index (χ2n) is 6.67. The molecule has 25 heavy (non-hydrogen) atoms. The number of aryl methyl sites for hydroxylation is 1. The van der Waals surface area contributed by atoms with Gasteiger partial charge in [0.2, 0.25) is 11.9 Å². The summed E-state index contributed by atoms with van der Waals surface area (Å²) in [5.74, 6) is 0.922. The molecule has 1 saturated heterocycles. The number of nitrogens with one attached hydrogen (secondary N) is 2. The number of piperidine rings is 1. The minimum atomic E-state index is -0.0263. The van der Waals surface area contributed by atoms with Gasteiger partial charge in [-0.05, 0) is 43.5 Å². The fourth-order valence-corrected chi connectivity index (χ4v) is 3.42. The van der Waals surface area contributed by atoms with Crippen LogP contribution in [0.1, 0.15) is 18.4 Å². The lowest BCUT2D eigenvalue weighted by molar-refractivity contribution is -0.120. The number of fused-ring (bicyclic) bond motifs is 1. The van der Waals surface area contributed by atoms with E-state index in [0.717, 1.165) is 47.6 Å². The van der Waals surface area contributed by atoms with Gasteiger partial charge < -0.3 is 15.2 Å². The fraction of sp³-hybridized carbons (Fsp3) is 0.300. The minimum Gasteiger partial charge on any atom is -0.342 e. The van der Waals surface area contributed by atoms with Gasteiger partial charge in [-0.3, -0.25) is 4.79 Å². The summed E-state index contributed by atoms with van der Waals surface area (Å²) in [6, 6.07) is 15.9. The lowest BCUT2D eigenvalue weighted by Crippen LogP contribution is -2.41. The number of anilines is 2. The van der Waals surface area contributed by atoms with Crippen molar-refractivity contribution in [2.45, 2.75) is 19.8 Å². The molecule has 4 rings (SSSR count). The van der Waals surface area contributed by atoms with Crippen LogP contribution in [0.25, 0.3) is 11.0 Å². The zero-order valence-electron chi connectivity index (χ0n) is 14.3. The van der Waals surface area contributed by atoms with E-state index >= 15 is 0 Å². The number of aromatic amines is 1. The highest BCUT2D eigenvalue weighted by Crippen LogP contribution is 2.25. The highest BCUT2D eigenvalue weighted by molar-refractivity contribution is 5.93. The summed E-state index contributed by atoms with van der Waals surface area (Å²) >= 11 is 0. The van der Waals surface area contributed by atoms with Crippen molar-refractivity contribution < 1.29 is 4.79 Å². The van der Waals surface area contributed by atoms with Crippen LogP contribution in [0.15, 0.2) is 48.5 Å². The third-order valence-electron chi connectivity index (χ3n) is 4.87. The molecule has 1 aliphatic heterocycles. The summed E-state index contributed by atoms with van der Waals surface area (Å²) in [5, 5.41) is 3.08. The molecule has 0 aliphatic carbocycles. The number of amides is 1. The Morgan fingerprint density at radius 3 is 2.84 bits per heavy atom. The Bertz CT molecular complexity index is 868. The first kappa shape index (κ1) is 15.7. The number of aromatic nitrogens is 2. The lowest BCUT2D eigenvalue weighted by Gasteiger charge is -2.31. The van der Waals surface area contributed by atoms with E-state index in [0.29, 0.717) is 6.54 Å². The predicted molar refractivity (Wildman–Crippen MR) is 101 cm³/mol. The predicted octanol–water partition coefficient (Wildman–Crippen LogP) is 3.73. The van der Waals surface area contributed by atoms with E-state index < -0.39 is 0 Å². The maximum Gasteiger partial charge on any atom is 0.229 e. The van der Waals surface area contributed by atoms with Crippen LogP contribution >= 0.6 is 0 Å². The molecule has 1 aromatic heterocycles. The number of hydrogen-bond acceptors (Lipinski definition) is 3. The molecule has 5 nitrogen and oxygen atoms in total. The van der Waals surface area contributed by atoms with Crippen molar-refractivity contribution in [2.24, 2.45) is 5.92 Å². The first-order valence-corrected chi connectivity index (χ1v) is 8.77. The largest absolute Gasteiger partial charge is 0.342 e. The Labute approximate surface area is 147 Å². The van der Waals surface area contributed by atoms with Crippen LogP contribution in [0.5, 0.6) is 0 Å². The van der Waals surface area contributed by atoms with Crippen LogP contribution in [-0.4, -0.2) is 29.0 Å². The molecule has 1 atom stereocenters. The Balaban J connectivity index is 1.48. The van der Waals surface area contributed by atoms with Gasteiger partial charge in [-0.1, -0.05) is 30.3 Å². The summed E-state index contributed by atoms with van der Waals surface area (Å²) in [6.45, 7) is 3.63. The highest BCUT2D eigenvalue weighted by atomic mass is 16.1. The number of H-pyrrole nitrogens is 1. The molecule has 1 amide bonds. The molecule has 2 aromatic carbocycles. The summed E-state index contributed by atoms with van der Waals surface area (Å²) < 4.78 is 0. The first-order valence-electron chi connectivity index (χ1n) is 8.77. The zero-order valence-corrected chi connectivity index (χ0v) is 14.3. The molecule has 2 N–H and O–H groups in total. The summed E-state index contributed by atoms with van der Waals surface area (Å²) in [7, 11) is 0. The summed E-state index contributed by atoms with van der Waals surface area (Å²) in [4.78, 5) is 22.9. The van der Waals surface area contributed by atoms with E-state index in [-0.39, 0.29) is 11.8 Å². The average molecular weight is 334 g/mol. The maximum absolute atomic E-state index is 12.7. The molecule has 128 valence electrons. The van der Waals surface area contributed by atoms with Gasteiger partial charge in [0, 0.05) is 18.8 Å². The van der Waals surface area contributed by atoms with Crippen LogP contribution in [-0.2, 0) is 4.79 Å². The maximum atomic E-state index is 12.7. The van der Waals surface area contributed by atoms with Gasteiger partial charge in [-0.2, -0.15) is 0 Å². The van der Waals surface area contributed by atoms with Gasteiger partial charge in [0.1, 0.15) is 0 Å². The van der Waals surface area contributed by atoms with E-state index in [1.165, 1.54) is 0 Å². The topological polar surface area (TPSA) is 61.0 Å². The smallest absolute Gasteiger partial charge is 0.229 e. The number of rotatable bonds is 3. The number of nitrogens with zero attached hydrogens (tertiary/aromatic N) is 2. The Hall–Kier alpha value is -2.82. The SMILES string of the molecule is Cc1ccccc1NC(=O)[C@H]1CCCN(c2nc3ccccc3[nH]2)C1. The molecule has 1 aliphatic rings. The molecular weight excluding hydrogens is 312 g/mol. The van der Waals surface area contributed by atoms with Crippen molar-refractivity contribution in [2.75, 3.05) is 23.3 Å². The molecule has 2 heterocycles. The van der Waals surface area contributed by atoms with Gasteiger partial charge in [0.15, 0.2) is 0 Å². The van der Waals surface area contributed by atoms with Gasteiger partial charge in [-0.25, -0.2) is 4.98 Å². The first-order chi connectivity index (χ1) is 12.2. The fourth-order valence-electron chi connectivity index (χ4n) is 3.42. The number of hydrogen-bond donors (Lipinski definition) is 2. The Morgan fingerprint density at radius 1 is 1.20 bits per heavy atom. The van der Waals surface area contributed by atoms with Gasteiger partial charge in [-0.15, -0.1) is 0 Å². The normalized spacial score (nSPS) is 17.6. The number of imidazole rings is 1. The van der Waals surface area contributed by atoms with Crippen molar-refractivity contribution in [3.8, 4) is 0 Å². The van der Waals surface area contributed by atoms with Gasteiger partial charge >= 0.3 is 0 Å². The molecular formula is C20H22N4O. The molecule has 0 radical (unpaired) electrons. The van der Waals surface area contributed by atoms with Crippen molar-refractivity contribution in [3.05, 3.63) is 54.1 Å². The molecule has 0 bridgehead atoms. The van der Waals surface area contributed by atoms with E-state index in [1.54, 1.807) is 0 Å². The number of benzene rings is 2. The standard InChI is InChI=1S/C20H22N4O/c1-14-7-2-3-9-16(14)21-19(25)15-8-6-12-24(13-15)20-22-17-10-4-5-11-18(17)23-20/h2-5,7,9-11,15H,6,8,12-13H2,1H3,(H,21,25)(H,22,23)/t15-/m0/s1. The van der Waals surface area contributed by atoms with Crippen molar-refractivity contribution in [1.82, 2.24) is 9.97 Å². The Kier molecular flexibility index (Phi) is 4.14. The molecule has 5 heteroatoms. The Morgan fingerprint density at radius 2 is 2.00 bits per heavy atom. The molecule has 0 spiro atoms. The van der Waals surface area contributed by atoms with Crippen LogP contribution in [0, 0.1) is 12.8 Å². The average Bonchev–Trinajstić information content (AvgIpc) is 3.08. The molecule has 3 aromatic rings. The van der Waals surface area contributed by atoms with E-state index in [1.807, 2.05) is 55.5 Å². The summed E-state index contributed by atoms with van der Waals surface area (Å²) in [5.41, 5.74) is 3.97.